The van der Waals surface area contributed by atoms with Crippen LogP contribution in [-0.4, -0.2) is 9.97 Å². The van der Waals surface area contributed by atoms with Crippen LogP contribution >= 0.6 is 11.6 Å². The Morgan fingerprint density at radius 2 is 1.46 bits per heavy atom. The van der Waals surface area contributed by atoms with Crippen LogP contribution in [0, 0.1) is 0 Å². The number of fused-ring (bicyclic) bond motifs is 3. The van der Waals surface area contributed by atoms with Crippen molar-refractivity contribution in [3.63, 3.8) is 0 Å². The van der Waals surface area contributed by atoms with Crippen molar-refractivity contribution in [1.29, 1.82) is 0 Å². The lowest BCUT2D eigenvalue weighted by Gasteiger charge is -2.07. The minimum atomic E-state index is 0.631. The number of hydrogen-bond donors (Lipinski definition) is 0. The van der Waals surface area contributed by atoms with Crippen LogP contribution in [0.4, 0.5) is 0 Å². The minimum absolute atomic E-state index is 0.631. The Balaban J connectivity index is 1.92. The molecule has 0 fully saturated rings. The molecular formula is C22H13ClN2O. The van der Waals surface area contributed by atoms with E-state index < -0.39 is 0 Å². The SMILES string of the molecule is Clc1ccccc1-c1nc(-c2ccccc2)nc2c1oc1ccccc12. The normalized spacial score (nSPS) is 11.3. The van der Waals surface area contributed by atoms with Crippen LogP contribution in [0.1, 0.15) is 0 Å². The summed E-state index contributed by atoms with van der Waals surface area (Å²) in [5.74, 6) is 0.652. The summed E-state index contributed by atoms with van der Waals surface area (Å²) < 4.78 is 6.10. The van der Waals surface area contributed by atoms with E-state index in [2.05, 4.69) is 0 Å². The van der Waals surface area contributed by atoms with E-state index in [0.717, 1.165) is 27.6 Å². The van der Waals surface area contributed by atoms with E-state index in [9.17, 15) is 0 Å². The molecule has 3 nitrogen and oxygen atoms in total. The van der Waals surface area contributed by atoms with Crippen molar-refractivity contribution < 1.29 is 4.42 Å². The van der Waals surface area contributed by atoms with Crippen LogP contribution in [0.3, 0.4) is 0 Å². The lowest BCUT2D eigenvalue weighted by Crippen LogP contribution is -1.94. The molecule has 0 amide bonds. The van der Waals surface area contributed by atoms with Crippen molar-refractivity contribution in [3.05, 3.63) is 83.9 Å². The van der Waals surface area contributed by atoms with E-state index in [0.29, 0.717) is 22.1 Å². The molecule has 0 N–H and O–H groups in total. The lowest BCUT2D eigenvalue weighted by molar-refractivity contribution is 0.667. The quantitative estimate of drug-likeness (QED) is 0.369. The van der Waals surface area contributed by atoms with Gasteiger partial charge in [0.15, 0.2) is 11.4 Å². The Labute approximate surface area is 154 Å². The highest BCUT2D eigenvalue weighted by atomic mass is 35.5. The van der Waals surface area contributed by atoms with Gasteiger partial charge in [-0.15, -0.1) is 0 Å². The summed E-state index contributed by atoms with van der Waals surface area (Å²) in [6.07, 6.45) is 0. The molecule has 0 bridgehead atoms. The number of hydrogen-bond acceptors (Lipinski definition) is 3. The fourth-order valence-corrected chi connectivity index (χ4v) is 3.37. The summed E-state index contributed by atoms with van der Waals surface area (Å²) in [5, 5.41) is 1.60. The molecule has 0 atom stereocenters. The van der Waals surface area contributed by atoms with Gasteiger partial charge in [-0.3, -0.25) is 0 Å². The zero-order chi connectivity index (χ0) is 17.5. The number of aromatic nitrogens is 2. The second-order valence-electron chi connectivity index (χ2n) is 6.02. The van der Waals surface area contributed by atoms with Gasteiger partial charge >= 0.3 is 0 Å². The highest BCUT2D eigenvalue weighted by molar-refractivity contribution is 6.33. The van der Waals surface area contributed by atoms with E-state index in [4.69, 9.17) is 26.0 Å². The number of benzene rings is 3. The molecule has 3 aromatic carbocycles. The van der Waals surface area contributed by atoms with Crippen molar-refractivity contribution in [2.45, 2.75) is 0 Å². The Hall–Kier alpha value is -3.17. The molecule has 0 aliphatic carbocycles. The van der Waals surface area contributed by atoms with Crippen LogP contribution in [0.5, 0.6) is 0 Å². The lowest BCUT2D eigenvalue weighted by atomic mass is 10.1. The van der Waals surface area contributed by atoms with E-state index in [1.54, 1.807) is 0 Å². The van der Waals surface area contributed by atoms with Crippen molar-refractivity contribution in [1.82, 2.24) is 9.97 Å². The first kappa shape index (κ1) is 15.1. The van der Waals surface area contributed by atoms with Gasteiger partial charge in [0.1, 0.15) is 16.8 Å². The topological polar surface area (TPSA) is 38.9 Å². The number of halogens is 1. The van der Waals surface area contributed by atoms with Crippen molar-refractivity contribution in [2.75, 3.05) is 0 Å². The van der Waals surface area contributed by atoms with E-state index in [1.165, 1.54) is 0 Å². The molecule has 0 aliphatic heterocycles. The van der Waals surface area contributed by atoms with E-state index >= 15 is 0 Å². The van der Waals surface area contributed by atoms with Gasteiger partial charge in [0.05, 0.1) is 5.02 Å². The maximum atomic E-state index is 6.45. The largest absolute Gasteiger partial charge is 0.452 e. The highest BCUT2D eigenvalue weighted by Gasteiger charge is 2.19. The molecule has 0 aliphatic rings. The summed E-state index contributed by atoms with van der Waals surface area (Å²) in [4.78, 5) is 9.61. The molecule has 0 saturated heterocycles. The summed E-state index contributed by atoms with van der Waals surface area (Å²) in [7, 11) is 0. The number of rotatable bonds is 2. The van der Waals surface area contributed by atoms with Gasteiger partial charge in [-0.25, -0.2) is 9.97 Å². The van der Waals surface area contributed by atoms with Gasteiger partial charge in [0.25, 0.3) is 0 Å². The number of para-hydroxylation sites is 1. The van der Waals surface area contributed by atoms with Crippen molar-refractivity contribution >= 4 is 33.7 Å². The van der Waals surface area contributed by atoms with E-state index in [-0.39, 0.29) is 0 Å². The zero-order valence-corrected chi connectivity index (χ0v) is 14.4. The third-order valence-electron chi connectivity index (χ3n) is 4.38. The van der Waals surface area contributed by atoms with Crippen LogP contribution < -0.4 is 0 Å². The first-order valence-corrected chi connectivity index (χ1v) is 8.69. The second kappa shape index (κ2) is 5.97. The Bertz CT molecular complexity index is 1250. The first-order valence-electron chi connectivity index (χ1n) is 8.31. The molecule has 0 radical (unpaired) electrons. The third-order valence-corrected chi connectivity index (χ3v) is 4.71. The molecule has 4 heteroatoms. The first-order chi connectivity index (χ1) is 12.8. The maximum absolute atomic E-state index is 6.45. The van der Waals surface area contributed by atoms with Gasteiger partial charge in [0.2, 0.25) is 0 Å². The van der Waals surface area contributed by atoms with Gasteiger partial charge in [0, 0.05) is 16.5 Å². The predicted octanol–water partition coefficient (Wildman–Crippen LogP) is 6.36. The van der Waals surface area contributed by atoms with E-state index in [1.807, 2.05) is 78.9 Å². The van der Waals surface area contributed by atoms with Crippen LogP contribution in [-0.2, 0) is 0 Å². The number of nitrogens with zero attached hydrogens (tertiary/aromatic N) is 2. The molecule has 5 aromatic rings. The Morgan fingerprint density at radius 3 is 2.31 bits per heavy atom. The summed E-state index contributed by atoms with van der Waals surface area (Å²) >= 11 is 6.45. The molecular weight excluding hydrogens is 344 g/mol. The highest BCUT2D eigenvalue weighted by Crippen LogP contribution is 2.37. The van der Waals surface area contributed by atoms with Gasteiger partial charge in [-0.1, -0.05) is 72.3 Å². The van der Waals surface area contributed by atoms with Gasteiger partial charge in [-0.2, -0.15) is 0 Å². The third kappa shape index (κ3) is 2.37. The standard InChI is InChI=1S/C22H13ClN2O/c23-17-12-6-4-10-15(17)19-21-20(16-11-5-7-13-18(16)26-21)25-22(24-19)14-8-2-1-3-9-14/h1-13H. The molecule has 5 rings (SSSR count). The van der Waals surface area contributed by atoms with Crippen LogP contribution in [0.25, 0.3) is 44.7 Å². The second-order valence-corrected chi connectivity index (χ2v) is 6.42. The molecule has 124 valence electrons. The average molecular weight is 357 g/mol. The van der Waals surface area contributed by atoms with Crippen LogP contribution in [0.2, 0.25) is 5.02 Å². The molecule has 2 heterocycles. The molecule has 2 aromatic heterocycles. The Morgan fingerprint density at radius 1 is 0.731 bits per heavy atom. The molecule has 26 heavy (non-hydrogen) atoms. The van der Waals surface area contributed by atoms with Gasteiger partial charge in [-0.05, 0) is 18.2 Å². The zero-order valence-electron chi connectivity index (χ0n) is 13.7. The van der Waals surface area contributed by atoms with Crippen molar-refractivity contribution in [2.24, 2.45) is 0 Å². The average Bonchev–Trinajstić information content (AvgIpc) is 3.07. The van der Waals surface area contributed by atoms with Crippen LogP contribution in [0.15, 0.2) is 83.3 Å². The fraction of sp³-hybridized carbons (Fsp3) is 0. The maximum Gasteiger partial charge on any atom is 0.180 e. The molecule has 0 spiro atoms. The minimum Gasteiger partial charge on any atom is -0.452 e. The number of furan rings is 1. The fourth-order valence-electron chi connectivity index (χ4n) is 3.14. The summed E-state index contributed by atoms with van der Waals surface area (Å²) in [5.41, 5.74) is 4.72. The molecule has 0 saturated carbocycles. The monoisotopic (exact) mass is 356 g/mol. The smallest absolute Gasteiger partial charge is 0.180 e. The molecule has 0 unspecified atom stereocenters. The summed E-state index contributed by atoms with van der Waals surface area (Å²) in [6.45, 7) is 0. The Kier molecular flexibility index (Phi) is 3.47. The van der Waals surface area contributed by atoms with Crippen molar-refractivity contribution in [3.8, 4) is 22.6 Å². The predicted molar refractivity (Wildman–Crippen MR) is 105 cm³/mol. The van der Waals surface area contributed by atoms with Gasteiger partial charge < -0.3 is 4.42 Å². The summed E-state index contributed by atoms with van der Waals surface area (Å²) in [6, 6.07) is 25.5.